The smallest absolute Gasteiger partial charge is 0.164 e. The average Bonchev–Trinajstić information content (AvgIpc) is 3.84. The standard InChI is InChI=1S/C49H31N5/c1-4-13-33(14-5-1)47-50-48(34-15-6-2-7-16-34)52-49(51-47)38-20-10-18-35(29-38)36-19-11-23-40(30-36)54-42-24-12-17-32-25-26-37-31-43-41(46(54)45(37)44(32)42)27-28-53(43)39-21-8-3-9-22-39/h1-31H. The van der Waals surface area contributed by atoms with Crippen molar-refractivity contribution in [2.45, 2.75) is 0 Å². The van der Waals surface area contributed by atoms with Crippen LogP contribution in [0.25, 0.3) is 100 Å². The molecule has 0 saturated heterocycles. The van der Waals surface area contributed by atoms with Crippen LogP contribution in [-0.2, 0) is 0 Å². The van der Waals surface area contributed by atoms with Gasteiger partial charge < -0.3 is 9.13 Å². The van der Waals surface area contributed by atoms with Gasteiger partial charge in [0, 0.05) is 50.4 Å². The second-order valence-electron chi connectivity index (χ2n) is 13.7. The quantitative estimate of drug-likeness (QED) is 0.163. The van der Waals surface area contributed by atoms with E-state index >= 15 is 0 Å². The Morgan fingerprint density at radius 1 is 0.352 bits per heavy atom. The van der Waals surface area contributed by atoms with Crippen molar-refractivity contribution in [2.24, 2.45) is 0 Å². The summed E-state index contributed by atoms with van der Waals surface area (Å²) in [7, 11) is 0. The maximum atomic E-state index is 5.00. The lowest BCUT2D eigenvalue weighted by atomic mass is 10.0. The van der Waals surface area contributed by atoms with E-state index in [0.717, 1.165) is 39.2 Å². The van der Waals surface area contributed by atoms with E-state index in [2.05, 4.69) is 137 Å². The Morgan fingerprint density at radius 3 is 1.63 bits per heavy atom. The third-order valence-electron chi connectivity index (χ3n) is 10.5. The van der Waals surface area contributed by atoms with E-state index in [1.807, 2.05) is 60.7 Å². The van der Waals surface area contributed by atoms with Gasteiger partial charge in [-0.15, -0.1) is 0 Å². The molecule has 0 aliphatic carbocycles. The molecular formula is C49H31N5. The first-order valence-electron chi connectivity index (χ1n) is 18.2. The first-order valence-corrected chi connectivity index (χ1v) is 18.2. The number of aromatic nitrogens is 5. The van der Waals surface area contributed by atoms with Gasteiger partial charge in [-0.1, -0.05) is 133 Å². The van der Waals surface area contributed by atoms with Crippen LogP contribution in [0, 0.1) is 0 Å². The highest BCUT2D eigenvalue weighted by Gasteiger charge is 2.21. The average molecular weight is 690 g/mol. The predicted molar refractivity (Wildman–Crippen MR) is 221 cm³/mol. The molecule has 11 aromatic rings. The number of nitrogens with zero attached hydrogens (tertiary/aromatic N) is 5. The Hall–Kier alpha value is -7.37. The van der Waals surface area contributed by atoms with Crippen LogP contribution in [0.1, 0.15) is 0 Å². The first-order chi connectivity index (χ1) is 26.8. The van der Waals surface area contributed by atoms with Crippen molar-refractivity contribution in [2.75, 3.05) is 0 Å². The normalized spacial score (nSPS) is 11.7. The summed E-state index contributed by atoms with van der Waals surface area (Å²) in [6.45, 7) is 0. The van der Waals surface area contributed by atoms with Crippen LogP contribution in [0.2, 0.25) is 0 Å². The van der Waals surface area contributed by atoms with Gasteiger partial charge in [-0.25, -0.2) is 15.0 Å². The molecule has 0 unspecified atom stereocenters. The van der Waals surface area contributed by atoms with Crippen molar-refractivity contribution in [3.63, 3.8) is 0 Å². The van der Waals surface area contributed by atoms with E-state index in [0.29, 0.717) is 17.5 Å². The van der Waals surface area contributed by atoms with Crippen molar-refractivity contribution in [3.05, 3.63) is 188 Å². The van der Waals surface area contributed by atoms with Crippen molar-refractivity contribution in [3.8, 4) is 56.7 Å². The molecule has 0 radical (unpaired) electrons. The van der Waals surface area contributed by atoms with Crippen LogP contribution in [0.3, 0.4) is 0 Å². The van der Waals surface area contributed by atoms with Crippen molar-refractivity contribution >= 4 is 43.5 Å². The number of hydrogen-bond donors (Lipinski definition) is 0. The lowest BCUT2D eigenvalue weighted by Crippen LogP contribution is -2.00. The van der Waals surface area contributed by atoms with Gasteiger partial charge in [0.25, 0.3) is 0 Å². The predicted octanol–water partition coefficient (Wildman–Crippen LogP) is 12.2. The molecule has 0 fully saturated rings. The zero-order valence-electron chi connectivity index (χ0n) is 29.1. The second kappa shape index (κ2) is 12.1. The van der Waals surface area contributed by atoms with Crippen LogP contribution >= 0.6 is 0 Å². The Balaban J connectivity index is 1.08. The lowest BCUT2D eigenvalue weighted by Gasteiger charge is -2.13. The molecule has 3 aromatic heterocycles. The number of benzene rings is 8. The number of rotatable bonds is 6. The molecule has 0 aliphatic heterocycles. The van der Waals surface area contributed by atoms with E-state index in [1.54, 1.807) is 0 Å². The van der Waals surface area contributed by atoms with Crippen molar-refractivity contribution < 1.29 is 0 Å². The molecule has 0 bridgehead atoms. The van der Waals surface area contributed by atoms with Crippen LogP contribution in [0.15, 0.2) is 188 Å². The van der Waals surface area contributed by atoms with Crippen LogP contribution in [0.5, 0.6) is 0 Å². The van der Waals surface area contributed by atoms with E-state index in [9.17, 15) is 0 Å². The molecule has 11 rings (SSSR count). The highest BCUT2D eigenvalue weighted by atomic mass is 15.0. The first kappa shape index (κ1) is 30.3. The Morgan fingerprint density at radius 2 is 0.907 bits per heavy atom. The van der Waals surface area contributed by atoms with E-state index < -0.39 is 0 Å². The van der Waals surface area contributed by atoms with Gasteiger partial charge in [0.1, 0.15) is 0 Å². The van der Waals surface area contributed by atoms with Gasteiger partial charge >= 0.3 is 0 Å². The topological polar surface area (TPSA) is 48.5 Å². The van der Waals surface area contributed by atoms with E-state index in [1.165, 1.54) is 43.5 Å². The second-order valence-corrected chi connectivity index (χ2v) is 13.7. The number of para-hydroxylation sites is 1. The summed E-state index contributed by atoms with van der Waals surface area (Å²) in [5.41, 5.74) is 10.9. The molecule has 8 aromatic carbocycles. The summed E-state index contributed by atoms with van der Waals surface area (Å²) in [5.74, 6) is 1.94. The molecule has 0 saturated carbocycles. The van der Waals surface area contributed by atoms with Gasteiger partial charge in [0.2, 0.25) is 0 Å². The zero-order valence-corrected chi connectivity index (χ0v) is 29.1. The molecule has 0 amide bonds. The third kappa shape index (κ3) is 4.83. The molecule has 5 nitrogen and oxygen atoms in total. The van der Waals surface area contributed by atoms with E-state index in [4.69, 9.17) is 15.0 Å². The lowest BCUT2D eigenvalue weighted by molar-refractivity contribution is 1.07. The molecule has 5 heteroatoms. The minimum Gasteiger partial charge on any atom is -0.316 e. The van der Waals surface area contributed by atoms with Gasteiger partial charge in [-0.3, -0.25) is 0 Å². The van der Waals surface area contributed by atoms with Crippen LogP contribution in [-0.4, -0.2) is 24.1 Å². The Kier molecular flexibility index (Phi) is 6.79. The molecule has 0 atom stereocenters. The Bertz CT molecular complexity index is 3090. The third-order valence-corrected chi connectivity index (χ3v) is 10.5. The molecule has 0 aliphatic rings. The molecule has 0 spiro atoms. The molecule has 0 N–H and O–H groups in total. The maximum absolute atomic E-state index is 5.00. The minimum atomic E-state index is 0.638. The summed E-state index contributed by atoms with van der Waals surface area (Å²) < 4.78 is 4.76. The molecule has 3 heterocycles. The summed E-state index contributed by atoms with van der Waals surface area (Å²) >= 11 is 0. The SMILES string of the molecule is c1ccc(-c2nc(-c3ccccc3)nc(-c3cccc(-c4cccc(-n5c6cccc7ccc8cc9c(ccn9-c9ccccc9)c5c8c76)c4)c3)n2)cc1. The zero-order chi connectivity index (χ0) is 35.6. The summed E-state index contributed by atoms with van der Waals surface area (Å²) in [6, 6.07) is 64.0. The number of fused-ring (bicyclic) bond motifs is 2. The monoisotopic (exact) mass is 689 g/mol. The van der Waals surface area contributed by atoms with Gasteiger partial charge in [-0.2, -0.15) is 0 Å². The largest absolute Gasteiger partial charge is 0.316 e. The van der Waals surface area contributed by atoms with Crippen LogP contribution in [0.4, 0.5) is 0 Å². The fraction of sp³-hybridized carbons (Fsp3) is 0. The van der Waals surface area contributed by atoms with E-state index in [-0.39, 0.29) is 0 Å². The molecule has 54 heavy (non-hydrogen) atoms. The van der Waals surface area contributed by atoms with Crippen molar-refractivity contribution in [1.82, 2.24) is 24.1 Å². The summed E-state index contributed by atoms with van der Waals surface area (Å²) in [4.78, 5) is 14.9. The van der Waals surface area contributed by atoms with Gasteiger partial charge in [-0.05, 0) is 70.4 Å². The summed E-state index contributed by atoms with van der Waals surface area (Å²) in [5, 5.41) is 6.30. The minimum absolute atomic E-state index is 0.638. The van der Waals surface area contributed by atoms with Crippen molar-refractivity contribution in [1.29, 1.82) is 0 Å². The molecular weight excluding hydrogens is 659 g/mol. The van der Waals surface area contributed by atoms with Crippen LogP contribution < -0.4 is 0 Å². The number of hydrogen-bond acceptors (Lipinski definition) is 3. The van der Waals surface area contributed by atoms with Gasteiger partial charge in [0.15, 0.2) is 17.5 Å². The molecule has 252 valence electrons. The summed E-state index contributed by atoms with van der Waals surface area (Å²) in [6.07, 6.45) is 2.20. The fourth-order valence-electron chi connectivity index (χ4n) is 8.05. The highest BCUT2D eigenvalue weighted by molar-refractivity contribution is 6.30. The fourth-order valence-corrected chi connectivity index (χ4v) is 8.05. The Labute approximate surface area is 311 Å². The maximum Gasteiger partial charge on any atom is 0.164 e. The highest BCUT2D eigenvalue weighted by Crippen LogP contribution is 2.43. The van der Waals surface area contributed by atoms with Gasteiger partial charge in [0.05, 0.1) is 16.6 Å².